The number of alkyl halides is 3. The first-order valence-corrected chi connectivity index (χ1v) is 6.29. The van der Waals surface area contributed by atoms with Crippen molar-refractivity contribution < 1.29 is 45.7 Å². The second-order valence-corrected chi connectivity index (χ2v) is 4.84. The molecular formula is C14H6BF7O3. The van der Waals surface area contributed by atoms with E-state index in [1.165, 1.54) is 0 Å². The number of rotatable bonds is 2. The first kappa shape index (κ1) is 18.7. The van der Waals surface area contributed by atoms with Crippen LogP contribution in [0.4, 0.5) is 30.7 Å². The summed E-state index contributed by atoms with van der Waals surface area (Å²) in [6.45, 7) is 0.721. The zero-order valence-electron chi connectivity index (χ0n) is 12.1. The number of hydrogen-bond acceptors (Lipinski definition) is 3. The maximum absolute atomic E-state index is 14.0. The van der Waals surface area contributed by atoms with E-state index in [9.17, 15) is 40.9 Å². The van der Waals surface area contributed by atoms with Crippen LogP contribution in [0.25, 0.3) is 11.1 Å². The van der Waals surface area contributed by atoms with Gasteiger partial charge < -0.3 is 14.9 Å². The fraction of sp³-hybridized carbons (Fsp3) is 0.143. The second-order valence-electron chi connectivity index (χ2n) is 4.84. The van der Waals surface area contributed by atoms with Crippen molar-refractivity contribution in [2.24, 2.45) is 0 Å². The van der Waals surface area contributed by atoms with Crippen LogP contribution in [0.15, 0.2) is 6.07 Å². The van der Waals surface area contributed by atoms with E-state index in [4.69, 9.17) is 7.85 Å². The summed E-state index contributed by atoms with van der Waals surface area (Å²) < 4.78 is 95.9. The molecule has 2 rings (SSSR count). The molecule has 2 radical (unpaired) electrons. The minimum Gasteiger partial charge on any atom is -0.507 e. The van der Waals surface area contributed by atoms with Gasteiger partial charge in [0.05, 0.1) is 5.56 Å². The third kappa shape index (κ3) is 3.18. The molecule has 0 amide bonds. The molecule has 0 aromatic heterocycles. The van der Waals surface area contributed by atoms with E-state index in [1.54, 1.807) is 0 Å². The van der Waals surface area contributed by atoms with Gasteiger partial charge in [0.15, 0.2) is 34.8 Å². The molecule has 2 aromatic rings. The molecular weight excluding hydrogens is 360 g/mol. The average molecular weight is 366 g/mol. The lowest BCUT2D eigenvalue weighted by Crippen LogP contribution is -2.23. The maximum Gasteiger partial charge on any atom is 0.573 e. The van der Waals surface area contributed by atoms with Crippen LogP contribution in [0.5, 0.6) is 17.2 Å². The highest BCUT2D eigenvalue weighted by Gasteiger charge is 2.35. The number of phenols is 2. The van der Waals surface area contributed by atoms with Gasteiger partial charge >= 0.3 is 6.36 Å². The monoisotopic (exact) mass is 366 g/mol. The SMILES string of the molecule is [B]c1c(OC(F)(F)F)c(O)cc(O)c1-c1c(F)c(F)c(C)c(F)c1F. The van der Waals surface area contributed by atoms with E-state index >= 15 is 0 Å². The summed E-state index contributed by atoms with van der Waals surface area (Å²) >= 11 is 0. The predicted molar refractivity (Wildman–Crippen MR) is 71.8 cm³/mol. The molecule has 25 heavy (non-hydrogen) atoms. The molecule has 0 fully saturated rings. The Bertz CT molecular complexity index is 836. The van der Waals surface area contributed by atoms with Crippen molar-refractivity contribution in [1.82, 2.24) is 0 Å². The van der Waals surface area contributed by atoms with Crippen molar-refractivity contribution in [3.05, 3.63) is 34.9 Å². The second kappa shape index (κ2) is 6.05. The van der Waals surface area contributed by atoms with Gasteiger partial charge in [-0.05, 0) is 12.4 Å². The Labute approximate surface area is 136 Å². The molecule has 11 heteroatoms. The van der Waals surface area contributed by atoms with Crippen LogP contribution >= 0.6 is 0 Å². The molecule has 0 saturated heterocycles. The van der Waals surface area contributed by atoms with Gasteiger partial charge in [-0.3, -0.25) is 0 Å². The van der Waals surface area contributed by atoms with Crippen LogP contribution in [0.3, 0.4) is 0 Å². The molecule has 0 bridgehead atoms. The summed E-state index contributed by atoms with van der Waals surface area (Å²) in [5.74, 6) is -11.7. The maximum atomic E-state index is 14.0. The van der Waals surface area contributed by atoms with E-state index in [-0.39, 0.29) is 6.07 Å². The number of phenolic OH excluding ortho intramolecular Hbond substituents is 2. The highest BCUT2D eigenvalue weighted by Crippen LogP contribution is 2.41. The van der Waals surface area contributed by atoms with Gasteiger partial charge in [-0.15, -0.1) is 13.2 Å². The highest BCUT2D eigenvalue weighted by atomic mass is 19.4. The molecule has 132 valence electrons. The summed E-state index contributed by atoms with van der Waals surface area (Å²) in [6, 6.07) is 0.224. The van der Waals surface area contributed by atoms with Crippen molar-refractivity contribution in [2.75, 3.05) is 0 Å². The van der Waals surface area contributed by atoms with Gasteiger partial charge in [0.1, 0.15) is 13.6 Å². The molecule has 0 aliphatic rings. The van der Waals surface area contributed by atoms with Crippen LogP contribution in [-0.4, -0.2) is 24.4 Å². The third-order valence-corrected chi connectivity index (χ3v) is 3.23. The van der Waals surface area contributed by atoms with E-state index in [2.05, 4.69) is 4.74 Å². The highest BCUT2D eigenvalue weighted by molar-refractivity contribution is 6.38. The Morgan fingerprint density at radius 1 is 0.880 bits per heavy atom. The van der Waals surface area contributed by atoms with Crippen LogP contribution in [0, 0.1) is 30.2 Å². The Kier molecular flexibility index (Phi) is 4.54. The summed E-state index contributed by atoms with van der Waals surface area (Å²) in [4.78, 5) is 0. The topological polar surface area (TPSA) is 49.7 Å². The summed E-state index contributed by atoms with van der Waals surface area (Å²) in [7, 11) is 5.28. The summed E-state index contributed by atoms with van der Waals surface area (Å²) in [5.41, 5.74) is -5.08. The first-order valence-electron chi connectivity index (χ1n) is 6.29. The fourth-order valence-corrected chi connectivity index (χ4v) is 2.10. The Hall–Kier alpha value is -2.59. The number of benzene rings is 2. The Morgan fingerprint density at radius 2 is 1.36 bits per heavy atom. The van der Waals surface area contributed by atoms with Crippen molar-refractivity contribution in [2.45, 2.75) is 13.3 Å². The van der Waals surface area contributed by atoms with E-state index < -0.39 is 69.0 Å². The lowest BCUT2D eigenvalue weighted by Gasteiger charge is -2.19. The quantitative estimate of drug-likeness (QED) is 0.487. The number of halogens is 7. The van der Waals surface area contributed by atoms with Gasteiger partial charge in [-0.25, -0.2) is 17.6 Å². The largest absolute Gasteiger partial charge is 0.573 e. The van der Waals surface area contributed by atoms with Crippen LogP contribution in [0.2, 0.25) is 0 Å². The van der Waals surface area contributed by atoms with Crippen LogP contribution in [-0.2, 0) is 0 Å². The predicted octanol–water partition coefficient (Wildman–Crippen LogP) is 3.32. The average Bonchev–Trinajstić information content (AvgIpc) is 2.49. The van der Waals surface area contributed by atoms with Crippen molar-refractivity contribution >= 4 is 13.3 Å². The molecule has 2 N–H and O–H groups in total. The third-order valence-electron chi connectivity index (χ3n) is 3.23. The van der Waals surface area contributed by atoms with Crippen molar-refractivity contribution in [3.63, 3.8) is 0 Å². The molecule has 0 atom stereocenters. The van der Waals surface area contributed by atoms with Gasteiger partial charge in [-0.2, -0.15) is 0 Å². The molecule has 0 heterocycles. The number of aromatic hydroxyl groups is 2. The molecule has 0 unspecified atom stereocenters. The normalized spacial score (nSPS) is 11.7. The first-order chi connectivity index (χ1) is 11.4. The number of hydrogen-bond donors (Lipinski definition) is 2. The van der Waals surface area contributed by atoms with Gasteiger partial charge in [0, 0.05) is 17.2 Å². The summed E-state index contributed by atoms with van der Waals surface area (Å²) in [6.07, 6.45) is -5.36. The Morgan fingerprint density at radius 3 is 1.80 bits per heavy atom. The lowest BCUT2D eigenvalue weighted by atomic mass is 9.84. The minimum absolute atomic E-state index is 0.224. The number of ether oxygens (including phenoxy) is 1. The lowest BCUT2D eigenvalue weighted by molar-refractivity contribution is -0.274. The van der Waals surface area contributed by atoms with Gasteiger partial charge in [0.25, 0.3) is 0 Å². The van der Waals surface area contributed by atoms with Crippen LogP contribution < -0.4 is 10.2 Å². The molecule has 0 aliphatic heterocycles. The van der Waals surface area contributed by atoms with E-state index in [0.717, 1.165) is 6.92 Å². The molecule has 0 aliphatic carbocycles. The molecule has 0 spiro atoms. The van der Waals surface area contributed by atoms with E-state index in [0.29, 0.717) is 0 Å². The minimum atomic E-state index is -5.36. The zero-order chi connectivity index (χ0) is 19.3. The molecule has 3 nitrogen and oxygen atoms in total. The van der Waals surface area contributed by atoms with Crippen molar-refractivity contribution in [1.29, 1.82) is 0 Å². The molecule has 0 saturated carbocycles. The van der Waals surface area contributed by atoms with Crippen LogP contribution in [0.1, 0.15) is 5.56 Å². The Balaban J connectivity index is 2.88. The molecule has 2 aromatic carbocycles. The van der Waals surface area contributed by atoms with Crippen molar-refractivity contribution in [3.8, 4) is 28.4 Å². The fourth-order valence-electron chi connectivity index (χ4n) is 2.10. The zero-order valence-corrected chi connectivity index (χ0v) is 12.1. The van der Waals surface area contributed by atoms with Gasteiger partial charge in [-0.1, -0.05) is 0 Å². The smallest absolute Gasteiger partial charge is 0.507 e. The summed E-state index contributed by atoms with van der Waals surface area (Å²) in [5, 5.41) is 19.1. The standard InChI is InChI=1S/C14H6BF7O3/c1-3-9(16)11(18)7(12(19)10(3)17)6-4(23)2-5(24)13(8(6)15)25-14(20,21)22/h2,23-24H,1H3. The van der Waals surface area contributed by atoms with Gasteiger partial charge in [0.2, 0.25) is 0 Å². The van der Waals surface area contributed by atoms with E-state index in [1.807, 2.05) is 0 Å².